The van der Waals surface area contributed by atoms with Crippen LogP contribution in [0.2, 0.25) is 15.1 Å². The van der Waals surface area contributed by atoms with Gasteiger partial charge in [0, 0.05) is 6.42 Å². The fraction of sp³-hybridized carbons (Fsp3) is 0.250. The molecule has 1 aromatic heterocycles. The number of hydrogen-bond donors (Lipinski definition) is 1. The van der Waals surface area contributed by atoms with Crippen molar-refractivity contribution < 1.29 is 9.90 Å². The van der Waals surface area contributed by atoms with Crippen molar-refractivity contribution in [2.75, 3.05) is 0 Å². The van der Waals surface area contributed by atoms with Crippen molar-refractivity contribution in [3.05, 3.63) is 38.8 Å². The summed E-state index contributed by atoms with van der Waals surface area (Å²) in [5, 5.41) is 13.9. The van der Waals surface area contributed by atoms with Crippen LogP contribution < -0.4 is 0 Å². The summed E-state index contributed by atoms with van der Waals surface area (Å²) in [6, 6.07) is 3.02. The molecule has 20 heavy (non-hydrogen) atoms. The molecule has 0 amide bonds. The van der Waals surface area contributed by atoms with Gasteiger partial charge in [-0.05, 0) is 18.6 Å². The molecule has 0 aliphatic rings. The van der Waals surface area contributed by atoms with Gasteiger partial charge in [-0.3, -0.25) is 0 Å². The van der Waals surface area contributed by atoms with Crippen LogP contribution in [0, 0.1) is 0 Å². The average Bonchev–Trinajstić information content (AvgIpc) is 2.78. The monoisotopic (exact) mass is 333 g/mol. The Hall–Kier alpha value is -1.30. The van der Waals surface area contributed by atoms with E-state index in [9.17, 15) is 4.79 Å². The zero-order valence-corrected chi connectivity index (χ0v) is 12.7. The smallest absolute Gasteiger partial charge is 0.375 e. The Balaban J connectivity index is 2.61. The second-order valence-corrected chi connectivity index (χ2v) is 5.26. The average molecular weight is 335 g/mol. The van der Waals surface area contributed by atoms with E-state index in [4.69, 9.17) is 39.9 Å². The quantitative estimate of drug-likeness (QED) is 0.862. The van der Waals surface area contributed by atoms with Gasteiger partial charge < -0.3 is 5.11 Å². The molecule has 0 aliphatic heterocycles. The third kappa shape index (κ3) is 2.90. The van der Waals surface area contributed by atoms with Crippen molar-refractivity contribution in [2.45, 2.75) is 19.8 Å². The van der Waals surface area contributed by atoms with E-state index in [1.165, 1.54) is 16.8 Å². The molecule has 0 aliphatic carbocycles. The first-order chi connectivity index (χ1) is 9.43. The summed E-state index contributed by atoms with van der Waals surface area (Å²) in [7, 11) is 0. The fourth-order valence-corrected chi connectivity index (χ4v) is 2.31. The molecular weight excluding hydrogens is 325 g/mol. The lowest BCUT2D eigenvalue weighted by Crippen LogP contribution is -2.04. The van der Waals surface area contributed by atoms with Crippen LogP contribution in [0.1, 0.15) is 29.8 Å². The van der Waals surface area contributed by atoms with Crippen molar-refractivity contribution in [1.82, 2.24) is 14.8 Å². The number of rotatable bonds is 4. The molecular formula is C12H10Cl3N3O2. The zero-order valence-electron chi connectivity index (χ0n) is 10.4. The Morgan fingerprint density at radius 2 is 1.90 bits per heavy atom. The molecule has 0 bridgehead atoms. The number of carboxylic acids is 1. The van der Waals surface area contributed by atoms with Crippen LogP contribution in [0.25, 0.3) is 5.69 Å². The van der Waals surface area contributed by atoms with Crippen molar-refractivity contribution in [3.8, 4) is 5.69 Å². The lowest BCUT2D eigenvalue weighted by molar-refractivity contribution is 0.0683. The van der Waals surface area contributed by atoms with Crippen LogP contribution in [0.4, 0.5) is 0 Å². The summed E-state index contributed by atoms with van der Waals surface area (Å²) in [6.45, 7) is 1.95. The summed E-state index contributed by atoms with van der Waals surface area (Å²) in [4.78, 5) is 15.0. The maximum atomic E-state index is 11.0. The standard InChI is InChI=1S/C12H10Cl3N3O2/c1-2-3-10-16-11(12(19)20)17-18(10)9-5-7(14)6(13)4-8(9)15/h4-5H,2-3H2,1H3,(H,19,20). The van der Waals surface area contributed by atoms with Crippen LogP contribution in [0.3, 0.4) is 0 Å². The molecule has 0 spiro atoms. The summed E-state index contributed by atoms with van der Waals surface area (Å²) < 4.78 is 1.39. The van der Waals surface area contributed by atoms with Crippen LogP contribution in [-0.2, 0) is 6.42 Å². The van der Waals surface area contributed by atoms with E-state index in [0.717, 1.165) is 6.42 Å². The molecule has 0 atom stereocenters. The van der Waals surface area contributed by atoms with Gasteiger partial charge in [-0.1, -0.05) is 41.7 Å². The summed E-state index contributed by atoms with van der Waals surface area (Å²) in [5.41, 5.74) is 0.449. The molecule has 2 aromatic rings. The van der Waals surface area contributed by atoms with Gasteiger partial charge in [0.25, 0.3) is 5.82 Å². The first-order valence-electron chi connectivity index (χ1n) is 5.78. The molecule has 8 heteroatoms. The number of aromatic carboxylic acids is 1. The second-order valence-electron chi connectivity index (χ2n) is 4.04. The van der Waals surface area contributed by atoms with E-state index >= 15 is 0 Å². The van der Waals surface area contributed by atoms with Crippen LogP contribution in [0.15, 0.2) is 12.1 Å². The molecule has 106 valence electrons. The second kappa shape index (κ2) is 5.99. The largest absolute Gasteiger partial charge is 0.475 e. The lowest BCUT2D eigenvalue weighted by Gasteiger charge is -2.08. The highest BCUT2D eigenvalue weighted by Crippen LogP contribution is 2.31. The van der Waals surface area contributed by atoms with Gasteiger partial charge >= 0.3 is 5.97 Å². The molecule has 0 unspecified atom stereocenters. The van der Waals surface area contributed by atoms with Gasteiger partial charge in [-0.25, -0.2) is 14.5 Å². The molecule has 2 rings (SSSR count). The van der Waals surface area contributed by atoms with Crippen LogP contribution in [0.5, 0.6) is 0 Å². The minimum Gasteiger partial charge on any atom is -0.475 e. The Morgan fingerprint density at radius 3 is 2.50 bits per heavy atom. The van der Waals surface area contributed by atoms with Crippen LogP contribution in [-0.4, -0.2) is 25.8 Å². The predicted molar refractivity (Wildman–Crippen MR) is 77.3 cm³/mol. The van der Waals surface area contributed by atoms with E-state index in [-0.39, 0.29) is 5.82 Å². The number of carbonyl (C=O) groups is 1. The SMILES string of the molecule is CCCc1nc(C(=O)O)nn1-c1cc(Cl)c(Cl)cc1Cl. The minimum absolute atomic E-state index is 0.282. The van der Waals surface area contributed by atoms with E-state index in [1.54, 1.807) is 0 Å². The van der Waals surface area contributed by atoms with E-state index < -0.39 is 5.97 Å². The minimum atomic E-state index is -1.20. The third-order valence-electron chi connectivity index (χ3n) is 2.56. The fourth-order valence-electron chi connectivity index (χ4n) is 1.69. The van der Waals surface area contributed by atoms with Crippen molar-refractivity contribution in [3.63, 3.8) is 0 Å². The van der Waals surface area contributed by atoms with Gasteiger partial charge in [-0.15, -0.1) is 5.10 Å². The van der Waals surface area contributed by atoms with Gasteiger partial charge in [0.2, 0.25) is 0 Å². The highest BCUT2D eigenvalue weighted by molar-refractivity contribution is 6.43. The molecule has 0 radical (unpaired) electrons. The summed E-state index contributed by atoms with van der Waals surface area (Å²) in [6.07, 6.45) is 1.35. The molecule has 0 saturated heterocycles. The maximum Gasteiger partial charge on any atom is 0.375 e. The van der Waals surface area contributed by atoms with Crippen molar-refractivity contribution >= 4 is 40.8 Å². The molecule has 1 aromatic carbocycles. The number of carboxylic acid groups (broad SMARTS) is 1. The number of halogens is 3. The molecule has 1 heterocycles. The third-order valence-corrected chi connectivity index (χ3v) is 3.58. The van der Waals surface area contributed by atoms with E-state index in [1.807, 2.05) is 6.92 Å². The first kappa shape index (κ1) is 15.1. The maximum absolute atomic E-state index is 11.0. The van der Waals surface area contributed by atoms with Crippen molar-refractivity contribution in [1.29, 1.82) is 0 Å². The molecule has 5 nitrogen and oxygen atoms in total. The van der Waals surface area contributed by atoms with E-state index in [2.05, 4.69) is 10.1 Å². The Labute approximate surface area is 130 Å². The Morgan fingerprint density at radius 1 is 1.25 bits per heavy atom. The zero-order chi connectivity index (χ0) is 14.9. The number of aryl methyl sites for hydroxylation is 1. The summed E-state index contributed by atoms with van der Waals surface area (Å²) in [5.74, 6) is -0.974. The van der Waals surface area contributed by atoms with Crippen molar-refractivity contribution in [2.24, 2.45) is 0 Å². The highest BCUT2D eigenvalue weighted by Gasteiger charge is 2.18. The number of nitrogens with zero attached hydrogens (tertiary/aromatic N) is 3. The molecule has 0 fully saturated rings. The topological polar surface area (TPSA) is 68.0 Å². The van der Waals surface area contributed by atoms with Gasteiger partial charge in [0.05, 0.1) is 20.8 Å². The summed E-state index contributed by atoms with van der Waals surface area (Å²) >= 11 is 18.0. The number of hydrogen-bond acceptors (Lipinski definition) is 3. The normalized spacial score (nSPS) is 10.8. The Kier molecular flexibility index (Phi) is 4.52. The predicted octanol–water partition coefficient (Wildman–Crippen LogP) is 3.88. The van der Waals surface area contributed by atoms with E-state index in [0.29, 0.717) is 33.0 Å². The van der Waals surface area contributed by atoms with Crippen LogP contribution >= 0.6 is 34.8 Å². The number of aromatic nitrogens is 3. The lowest BCUT2D eigenvalue weighted by atomic mass is 10.3. The Bertz CT molecular complexity index is 670. The number of benzene rings is 1. The van der Waals surface area contributed by atoms with Gasteiger partial charge in [-0.2, -0.15) is 0 Å². The first-order valence-corrected chi connectivity index (χ1v) is 6.91. The van der Waals surface area contributed by atoms with Gasteiger partial charge in [0.15, 0.2) is 0 Å². The molecule has 0 saturated carbocycles. The highest BCUT2D eigenvalue weighted by atomic mass is 35.5. The van der Waals surface area contributed by atoms with Gasteiger partial charge in [0.1, 0.15) is 5.82 Å². The molecule has 1 N–H and O–H groups in total.